The summed E-state index contributed by atoms with van der Waals surface area (Å²) in [6, 6.07) is 13.5. The third-order valence-electron chi connectivity index (χ3n) is 2.70. The number of phenols is 1. The third kappa shape index (κ3) is 2.89. The zero-order chi connectivity index (χ0) is 13.1. The molecule has 2 aromatic rings. The summed E-state index contributed by atoms with van der Waals surface area (Å²) in [6.07, 6.45) is 0. The van der Waals surface area contributed by atoms with Gasteiger partial charge in [-0.2, -0.15) is 0 Å². The highest BCUT2D eigenvalue weighted by Crippen LogP contribution is 2.35. The predicted molar refractivity (Wildman–Crippen MR) is 76.6 cm³/mol. The average Bonchev–Trinajstić information content (AvgIpc) is 2.37. The van der Waals surface area contributed by atoms with Gasteiger partial charge in [-0.1, -0.05) is 53.5 Å². The molecule has 18 heavy (non-hydrogen) atoms. The van der Waals surface area contributed by atoms with Crippen molar-refractivity contribution >= 4 is 28.9 Å². The van der Waals surface area contributed by atoms with Crippen molar-refractivity contribution in [3.8, 4) is 5.75 Å². The van der Waals surface area contributed by atoms with Gasteiger partial charge in [0.05, 0.1) is 10.0 Å². The van der Waals surface area contributed by atoms with E-state index >= 15 is 0 Å². The highest BCUT2D eigenvalue weighted by molar-refractivity contribution is 6.37. The van der Waals surface area contributed by atoms with E-state index in [-0.39, 0.29) is 21.8 Å². The Kier molecular flexibility index (Phi) is 4.00. The second kappa shape index (κ2) is 5.51. The zero-order valence-electron chi connectivity index (χ0n) is 9.82. The van der Waals surface area contributed by atoms with Gasteiger partial charge in [0.2, 0.25) is 0 Å². The summed E-state index contributed by atoms with van der Waals surface area (Å²) in [7, 11) is 0. The van der Waals surface area contributed by atoms with Crippen LogP contribution in [0.15, 0.2) is 42.5 Å². The highest BCUT2D eigenvalue weighted by Gasteiger charge is 2.09. The first-order chi connectivity index (χ1) is 8.58. The third-order valence-corrected chi connectivity index (χ3v) is 3.28. The molecule has 1 atom stereocenters. The Balaban J connectivity index is 2.20. The molecule has 0 aliphatic carbocycles. The number of hydrogen-bond donors (Lipinski definition) is 2. The van der Waals surface area contributed by atoms with Crippen LogP contribution in [-0.4, -0.2) is 5.11 Å². The molecule has 0 fully saturated rings. The van der Waals surface area contributed by atoms with E-state index < -0.39 is 0 Å². The minimum Gasteiger partial charge on any atom is -0.505 e. The summed E-state index contributed by atoms with van der Waals surface area (Å²) in [4.78, 5) is 0. The van der Waals surface area contributed by atoms with Crippen molar-refractivity contribution in [2.75, 3.05) is 5.32 Å². The van der Waals surface area contributed by atoms with Crippen LogP contribution < -0.4 is 5.32 Å². The number of aromatic hydroxyl groups is 1. The number of halogens is 2. The molecule has 0 aliphatic heterocycles. The van der Waals surface area contributed by atoms with E-state index in [0.717, 1.165) is 11.3 Å². The Morgan fingerprint density at radius 1 is 1.06 bits per heavy atom. The summed E-state index contributed by atoms with van der Waals surface area (Å²) < 4.78 is 0. The van der Waals surface area contributed by atoms with E-state index in [1.807, 2.05) is 37.3 Å². The standard InChI is InChI=1S/C14H13Cl2NO/c1-9(10-5-3-2-4-6-10)17-11-7-12(15)14(18)13(16)8-11/h2-9,17-18H,1H3. The van der Waals surface area contributed by atoms with Crippen LogP contribution in [0.25, 0.3) is 0 Å². The molecule has 0 bridgehead atoms. The van der Waals surface area contributed by atoms with Crippen molar-refractivity contribution in [1.82, 2.24) is 0 Å². The number of benzene rings is 2. The monoisotopic (exact) mass is 281 g/mol. The Labute approximate surface area is 116 Å². The maximum absolute atomic E-state index is 9.49. The van der Waals surface area contributed by atoms with Crippen LogP contribution in [0.2, 0.25) is 10.0 Å². The second-order valence-electron chi connectivity index (χ2n) is 4.07. The Morgan fingerprint density at radius 3 is 2.17 bits per heavy atom. The van der Waals surface area contributed by atoms with Gasteiger partial charge in [-0.05, 0) is 24.6 Å². The lowest BCUT2D eigenvalue weighted by Gasteiger charge is -2.16. The topological polar surface area (TPSA) is 32.3 Å². The summed E-state index contributed by atoms with van der Waals surface area (Å²) in [5, 5.41) is 13.3. The predicted octanol–water partition coefficient (Wildman–Crippen LogP) is 4.87. The summed E-state index contributed by atoms with van der Waals surface area (Å²) in [5.74, 6) is -0.0868. The number of hydrogen-bond acceptors (Lipinski definition) is 2. The fraction of sp³-hybridized carbons (Fsp3) is 0.143. The van der Waals surface area contributed by atoms with Gasteiger partial charge < -0.3 is 10.4 Å². The van der Waals surface area contributed by atoms with Crippen molar-refractivity contribution in [2.24, 2.45) is 0 Å². The normalized spacial score (nSPS) is 12.2. The van der Waals surface area contributed by atoms with Gasteiger partial charge in [-0.25, -0.2) is 0 Å². The lowest BCUT2D eigenvalue weighted by atomic mass is 10.1. The minimum atomic E-state index is -0.0868. The van der Waals surface area contributed by atoms with Gasteiger partial charge in [-0.15, -0.1) is 0 Å². The fourth-order valence-corrected chi connectivity index (χ4v) is 2.21. The summed E-state index contributed by atoms with van der Waals surface area (Å²) in [5.41, 5.74) is 1.94. The molecule has 0 heterocycles. The second-order valence-corrected chi connectivity index (χ2v) is 4.88. The highest BCUT2D eigenvalue weighted by atomic mass is 35.5. The summed E-state index contributed by atoms with van der Waals surface area (Å²) in [6.45, 7) is 2.05. The number of nitrogens with one attached hydrogen (secondary N) is 1. The van der Waals surface area contributed by atoms with Crippen molar-refractivity contribution in [1.29, 1.82) is 0 Å². The molecular formula is C14H13Cl2NO. The van der Waals surface area contributed by atoms with Crippen molar-refractivity contribution < 1.29 is 5.11 Å². The lowest BCUT2D eigenvalue weighted by molar-refractivity contribution is 0.476. The SMILES string of the molecule is CC(Nc1cc(Cl)c(O)c(Cl)c1)c1ccccc1. The zero-order valence-corrected chi connectivity index (χ0v) is 11.3. The Hall–Kier alpha value is -1.38. The van der Waals surface area contributed by atoms with E-state index in [1.165, 1.54) is 0 Å². The van der Waals surface area contributed by atoms with Crippen molar-refractivity contribution in [3.05, 3.63) is 58.1 Å². The smallest absolute Gasteiger partial charge is 0.152 e. The fourth-order valence-electron chi connectivity index (χ4n) is 1.72. The molecule has 1 unspecified atom stereocenters. The van der Waals surface area contributed by atoms with Gasteiger partial charge in [0.1, 0.15) is 0 Å². The van der Waals surface area contributed by atoms with Gasteiger partial charge >= 0.3 is 0 Å². The average molecular weight is 282 g/mol. The molecule has 2 rings (SSSR count). The van der Waals surface area contributed by atoms with E-state index in [4.69, 9.17) is 23.2 Å². The Morgan fingerprint density at radius 2 is 1.61 bits per heavy atom. The molecule has 0 saturated carbocycles. The number of rotatable bonds is 3. The van der Waals surface area contributed by atoms with Crippen molar-refractivity contribution in [2.45, 2.75) is 13.0 Å². The molecular weight excluding hydrogens is 269 g/mol. The molecule has 0 saturated heterocycles. The van der Waals surface area contributed by atoms with E-state index in [2.05, 4.69) is 5.32 Å². The molecule has 0 amide bonds. The van der Waals surface area contributed by atoms with Crippen LogP contribution in [0.4, 0.5) is 5.69 Å². The lowest BCUT2D eigenvalue weighted by Crippen LogP contribution is -2.06. The molecule has 2 N–H and O–H groups in total. The quantitative estimate of drug-likeness (QED) is 0.787. The first-order valence-electron chi connectivity index (χ1n) is 5.57. The van der Waals surface area contributed by atoms with Crippen LogP contribution in [-0.2, 0) is 0 Å². The van der Waals surface area contributed by atoms with Crippen LogP contribution in [0, 0.1) is 0 Å². The van der Waals surface area contributed by atoms with Gasteiger partial charge in [-0.3, -0.25) is 0 Å². The van der Waals surface area contributed by atoms with E-state index in [1.54, 1.807) is 12.1 Å². The maximum atomic E-state index is 9.49. The molecule has 4 heteroatoms. The van der Waals surface area contributed by atoms with Gasteiger partial charge in [0, 0.05) is 11.7 Å². The first-order valence-corrected chi connectivity index (χ1v) is 6.33. The number of anilines is 1. The van der Waals surface area contributed by atoms with Crippen LogP contribution in [0.5, 0.6) is 5.75 Å². The van der Waals surface area contributed by atoms with Crippen molar-refractivity contribution in [3.63, 3.8) is 0 Å². The number of phenolic OH excluding ortho intramolecular Hbond substituents is 1. The van der Waals surface area contributed by atoms with E-state index in [0.29, 0.717) is 0 Å². The first kappa shape index (κ1) is 13.1. The molecule has 0 spiro atoms. The Bertz CT molecular complexity index is 520. The largest absolute Gasteiger partial charge is 0.505 e. The van der Waals surface area contributed by atoms with Gasteiger partial charge in [0.15, 0.2) is 5.75 Å². The molecule has 2 nitrogen and oxygen atoms in total. The van der Waals surface area contributed by atoms with Gasteiger partial charge in [0.25, 0.3) is 0 Å². The van der Waals surface area contributed by atoms with E-state index in [9.17, 15) is 5.11 Å². The molecule has 2 aromatic carbocycles. The van der Waals surface area contributed by atoms with Crippen LogP contribution in [0.1, 0.15) is 18.5 Å². The van der Waals surface area contributed by atoms with Crippen LogP contribution >= 0.6 is 23.2 Å². The molecule has 0 aromatic heterocycles. The van der Waals surface area contributed by atoms with Crippen LogP contribution in [0.3, 0.4) is 0 Å². The summed E-state index contributed by atoms with van der Waals surface area (Å²) >= 11 is 11.7. The maximum Gasteiger partial charge on any atom is 0.152 e. The minimum absolute atomic E-state index is 0.0868. The molecule has 0 radical (unpaired) electrons. The molecule has 94 valence electrons. The molecule has 0 aliphatic rings.